The van der Waals surface area contributed by atoms with E-state index in [-0.39, 0.29) is 24.2 Å². The summed E-state index contributed by atoms with van der Waals surface area (Å²) in [5.74, 6) is 2.00. The van der Waals surface area contributed by atoms with Crippen molar-refractivity contribution >= 4 is 23.6 Å². The monoisotopic (exact) mass is 343 g/mol. The van der Waals surface area contributed by atoms with Crippen molar-refractivity contribution in [2.45, 2.75) is 24.1 Å². The summed E-state index contributed by atoms with van der Waals surface area (Å²) >= 11 is 1.66. The van der Waals surface area contributed by atoms with Gasteiger partial charge in [0.1, 0.15) is 11.6 Å². The van der Waals surface area contributed by atoms with E-state index in [0.717, 1.165) is 10.7 Å². The van der Waals surface area contributed by atoms with Crippen LogP contribution in [0.25, 0.3) is 0 Å². The summed E-state index contributed by atoms with van der Waals surface area (Å²) in [6, 6.07) is 11.7. The number of aromatic nitrogens is 3. The van der Waals surface area contributed by atoms with Gasteiger partial charge in [-0.3, -0.25) is 9.89 Å². The van der Waals surface area contributed by atoms with Crippen LogP contribution in [-0.4, -0.2) is 21.1 Å². The Morgan fingerprint density at radius 3 is 2.79 bits per heavy atom. The summed E-state index contributed by atoms with van der Waals surface area (Å²) in [6.07, 6.45) is 0. The van der Waals surface area contributed by atoms with Gasteiger partial charge in [0, 0.05) is 4.90 Å². The number of H-pyrrole nitrogens is 1. The quantitative estimate of drug-likeness (QED) is 0.593. The molecule has 8 heteroatoms. The molecule has 0 atom stereocenters. The van der Waals surface area contributed by atoms with Crippen molar-refractivity contribution in [2.24, 2.45) is 0 Å². The van der Waals surface area contributed by atoms with E-state index in [1.54, 1.807) is 17.8 Å². The van der Waals surface area contributed by atoms with Crippen LogP contribution in [0.2, 0.25) is 0 Å². The fraction of sp³-hybridized carbons (Fsp3) is 0.188. The van der Waals surface area contributed by atoms with Crippen LogP contribution in [0.4, 0.5) is 5.95 Å². The third-order valence-electron chi connectivity index (χ3n) is 3.25. The van der Waals surface area contributed by atoms with Gasteiger partial charge in [0.15, 0.2) is 5.76 Å². The Kier molecular flexibility index (Phi) is 4.85. The first-order valence-electron chi connectivity index (χ1n) is 7.33. The molecule has 0 aliphatic carbocycles. The number of nitrogens with one attached hydrogen (secondary N) is 2. The number of aromatic amines is 1. The lowest BCUT2D eigenvalue weighted by Gasteiger charge is -2.01. The number of rotatable bonds is 6. The highest BCUT2D eigenvalue weighted by atomic mass is 32.2. The molecule has 0 bridgehead atoms. The molecule has 2 aromatic heterocycles. The third kappa shape index (κ3) is 4.17. The first-order chi connectivity index (χ1) is 11.6. The van der Waals surface area contributed by atoms with Crippen LogP contribution in [0.3, 0.4) is 0 Å². The Hall–Kier alpha value is -2.74. The van der Waals surface area contributed by atoms with Gasteiger partial charge in [0.25, 0.3) is 5.91 Å². The number of amides is 1. The molecule has 0 fully saturated rings. The molecule has 0 unspecified atom stereocenters. The highest BCUT2D eigenvalue weighted by Crippen LogP contribution is 2.24. The number of furan rings is 1. The van der Waals surface area contributed by atoms with Crippen molar-refractivity contribution in [2.75, 3.05) is 5.73 Å². The SMILES string of the molecule is Cc1ccc(SCc2ccc(C(=O)NCc3nc(N)n[nH]3)o2)cc1. The molecular weight excluding hydrogens is 326 g/mol. The second-order valence-corrected chi connectivity index (χ2v) is 6.24. The second kappa shape index (κ2) is 7.22. The molecule has 0 aliphatic heterocycles. The Morgan fingerprint density at radius 2 is 2.08 bits per heavy atom. The lowest BCUT2D eigenvalue weighted by molar-refractivity contribution is 0.0920. The van der Waals surface area contributed by atoms with Gasteiger partial charge in [0.2, 0.25) is 5.95 Å². The van der Waals surface area contributed by atoms with Crippen molar-refractivity contribution in [3.05, 3.63) is 59.3 Å². The normalized spacial score (nSPS) is 10.7. The maximum Gasteiger partial charge on any atom is 0.287 e. The molecule has 0 aliphatic rings. The number of carbonyl (C=O) groups excluding carboxylic acids is 1. The second-order valence-electron chi connectivity index (χ2n) is 5.19. The predicted octanol–water partition coefficient (Wildman–Crippen LogP) is 2.51. The van der Waals surface area contributed by atoms with Crippen molar-refractivity contribution < 1.29 is 9.21 Å². The number of carbonyl (C=O) groups is 1. The molecule has 0 saturated heterocycles. The van der Waals surface area contributed by atoms with Crippen LogP contribution < -0.4 is 11.1 Å². The van der Waals surface area contributed by atoms with Crippen molar-refractivity contribution in [1.82, 2.24) is 20.5 Å². The summed E-state index contributed by atoms with van der Waals surface area (Å²) in [7, 11) is 0. The molecule has 124 valence electrons. The first kappa shape index (κ1) is 16.1. The Labute approximate surface area is 143 Å². The number of nitrogens with zero attached hydrogens (tertiary/aromatic N) is 2. The highest BCUT2D eigenvalue weighted by molar-refractivity contribution is 7.98. The average molecular weight is 343 g/mol. The van der Waals surface area contributed by atoms with Crippen LogP contribution >= 0.6 is 11.8 Å². The van der Waals surface area contributed by atoms with Gasteiger partial charge in [-0.15, -0.1) is 16.9 Å². The van der Waals surface area contributed by atoms with Gasteiger partial charge in [0.05, 0.1) is 12.3 Å². The molecule has 3 rings (SSSR count). The van der Waals surface area contributed by atoms with Crippen molar-refractivity contribution in [1.29, 1.82) is 0 Å². The lowest BCUT2D eigenvalue weighted by atomic mass is 10.2. The molecule has 3 aromatic rings. The Bertz CT molecular complexity index is 825. The molecular formula is C16H17N5O2S. The molecule has 24 heavy (non-hydrogen) atoms. The molecule has 2 heterocycles. The average Bonchev–Trinajstić information content (AvgIpc) is 3.21. The Balaban J connectivity index is 1.52. The van der Waals surface area contributed by atoms with Gasteiger partial charge >= 0.3 is 0 Å². The van der Waals surface area contributed by atoms with E-state index in [0.29, 0.717) is 11.6 Å². The topological polar surface area (TPSA) is 110 Å². The van der Waals surface area contributed by atoms with E-state index in [4.69, 9.17) is 10.2 Å². The number of anilines is 1. The van der Waals surface area contributed by atoms with Crippen LogP contribution in [0.1, 0.15) is 27.7 Å². The first-order valence-corrected chi connectivity index (χ1v) is 8.32. The number of aryl methyl sites for hydroxylation is 1. The molecule has 4 N–H and O–H groups in total. The maximum atomic E-state index is 12.0. The molecule has 1 aromatic carbocycles. The van der Waals surface area contributed by atoms with Crippen molar-refractivity contribution in [3.63, 3.8) is 0 Å². The summed E-state index contributed by atoms with van der Waals surface area (Å²) in [5.41, 5.74) is 6.63. The van der Waals surface area contributed by atoms with Gasteiger partial charge in [-0.05, 0) is 31.2 Å². The zero-order valence-electron chi connectivity index (χ0n) is 13.1. The number of nitrogens with two attached hydrogens (primary N) is 1. The smallest absolute Gasteiger partial charge is 0.287 e. The van der Waals surface area contributed by atoms with E-state index in [1.807, 2.05) is 6.07 Å². The zero-order chi connectivity index (χ0) is 16.9. The highest BCUT2D eigenvalue weighted by Gasteiger charge is 2.12. The van der Waals surface area contributed by atoms with E-state index >= 15 is 0 Å². The molecule has 0 spiro atoms. The summed E-state index contributed by atoms with van der Waals surface area (Å²) < 4.78 is 5.58. The largest absolute Gasteiger partial charge is 0.455 e. The molecule has 0 saturated carbocycles. The summed E-state index contributed by atoms with van der Waals surface area (Å²) in [4.78, 5) is 17.1. The van der Waals surface area contributed by atoms with E-state index < -0.39 is 0 Å². The number of hydrogen-bond acceptors (Lipinski definition) is 6. The summed E-state index contributed by atoms with van der Waals surface area (Å²) in [5, 5.41) is 9.01. The van der Waals surface area contributed by atoms with Gasteiger partial charge in [-0.2, -0.15) is 4.98 Å². The standard InChI is InChI=1S/C16H17N5O2S/c1-10-2-5-12(6-3-10)24-9-11-4-7-13(23-11)15(22)18-8-14-19-16(17)21-20-14/h2-7H,8-9H2,1H3,(H,18,22)(H3,17,19,20,21). The minimum Gasteiger partial charge on any atom is -0.455 e. The van der Waals surface area contributed by atoms with Crippen LogP contribution in [0.15, 0.2) is 45.7 Å². The van der Waals surface area contributed by atoms with Crippen LogP contribution in [0.5, 0.6) is 0 Å². The van der Waals surface area contributed by atoms with Crippen molar-refractivity contribution in [3.8, 4) is 0 Å². The predicted molar refractivity (Wildman–Crippen MR) is 91.4 cm³/mol. The van der Waals surface area contributed by atoms with E-state index in [2.05, 4.69) is 51.7 Å². The van der Waals surface area contributed by atoms with Crippen LogP contribution in [0, 0.1) is 6.92 Å². The molecule has 1 amide bonds. The van der Waals surface area contributed by atoms with Gasteiger partial charge in [-0.1, -0.05) is 17.7 Å². The number of hydrogen-bond donors (Lipinski definition) is 3. The minimum atomic E-state index is -0.309. The fourth-order valence-electron chi connectivity index (χ4n) is 2.01. The van der Waals surface area contributed by atoms with Gasteiger partial charge < -0.3 is 15.5 Å². The molecule has 0 radical (unpaired) electrons. The minimum absolute atomic E-state index is 0.146. The van der Waals surface area contributed by atoms with E-state index in [1.165, 1.54) is 5.56 Å². The number of thioether (sulfide) groups is 1. The fourth-order valence-corrected chi connectivity index (χ4v) is 2.80. The number of benzene rings is 1. The number of nitrogen functional groups attached to an aromatic ring is 1. The molecule has 7 nitrogen and oxygen atoms in total. The van der Waals surface area contributed by atoms with Crippen LogP contribution in [-0.2, 0) is 12.3 Å². The Morgan fingerprint density at radius 1 is 1.29 bits per heavy atom. The van der Waals surface area contributed by atoms with Gasteiger partial charge in [-0.25, -0.2) is 0 Å². The third-order valence-corrected chi connectivity index (χ3v) is 4.29. The maximum absolute atomic E-state index is 12.0. The zero-order valence-corrected chi connectivity index (χ0v) is 13.9. The lowest BCUT2D eigenvalue weighted by Crippen LogP contribution is -2.22. The van der Waals surface area contributed by atoms with E-state index in [9.17, 15) is 4.79 Å². The summed E-state index contributed by atoms with van der Waals surface area (Å²) in [6.45, 7) is 2.26.